The maximum atomic E-state index is 15.0. The third kappa shape index (κ3) is 4.87. The summed E-state index contributed by atoms with van der Waals surface area (Å²) >= 11 is 0. The fraction of sp³-hybridized carbons (Fsp3) is 0.296. The van der Waals surface area contributed by atoms with Crippen molar-refractivity contribution in [2.75, 3.05) is 6.61 Å². The molecule has 0 aliphatic heterocycles. The maximum Gasteiger partial charge on any atom is 0.308 e. The van der Waals surface area contributed by atoms with E-state index in [0.717, 1.165) is 25.7 Å². The predicted octanol–water partition coefficient (Wildman–Crippen LogP) is 6.07. The second-order valence-corrected chi connectivity index (χ2v) is 8.65. The lowest BCUT2D eigenvalue weighted by molar-refractivity contribution is -0.149. The lowest BCUT2D eigenvalue weighted by Gasteiger charge is -2.27. The zero-order chi connectivity index (χ0) is 24.4. The number of hydrogen-bond acceptors (Lipinski definition) is 5. The molecular weight excluding hydrogens is 452 g/mol. The number of aromatic nitrogens is 3. The number of esters is 1. The molecule has 0 radical (unpaired) electrons. The van der Waals surface area contributed by atoms with Gasteiger partial charge in [-0.1, -0.05) is 12.1 Å². The van der Waals surface area contributed by atoms with Crippen LogP contribution in [0.2, 0.25) is 0 Å². The molecule has 0 amide bonds. The van der Waals surface area contributed by atoms with Crippen LogP contribution < -0.4 is 4.74 Å². The summed E-state index contributed by atoms with van der Waals surface area (Å²) in [7, 11) is 0. The third-order valence-corrected chi connectivity index (χ3v) is 6.32. The summed E-state index contributed by atoms with van der Waals surface area (Å²) in [6, 6.07) is 13.2. The Bertz CT molecular complexity index is 1290. The van der Waals surface area contributed by atoms with Crippen LogP contribution in [0.5, 0.6) is 5.88 Å². The number of ether oxygens (including phenoxy) is 2. The van der Waals surface area contributed by atoms with Gasteiger partial charge in [0.2, 0.25) is 5.88 Å². The summed E-state index contributed by atoms with van der Waals surface area (Å²) in [5.41, 5.74) is 2.08. The number of benzene rings is 2. The van der Waals surface area contributed by atoms with Crippen molar-refractivity contribution in [1.29, 1.82) is 0 Å². The average Bonchev–Trinajstić information content (AvgIpc) is 3.28. The second-order valence-electron chi connectivity index (χ2n) is 8.65. The Kier molecular flexibility index (Phi) is 6.44. The first kappa shape index (κ1) is 23.0. The van der Waals surface area contributed by atoms with Crippen molar-refractivity contribution in [3.05, 3.63) is 66.4 Å². The molecule has 0 bridgehead atoms. The van der Waals surface area contributed by atoms with E-state index in [9.17, 15) is 13.6 Å². The monoisotopic (exact) mass is 477 g/mol. The fourth-order valence-electron chi connectivity index (χ4n) is 4.51. The van der Waals surface area contributed by atoms with Crippen LogP contribution in [0.15, 0.2) is 54.7 Å². The Morgan fingerprint density at radius 1 is 1.03 bits per heavy atom. The minimum atomic E-state index is -0.710. The fourth-order valence-corrected chi connectivity index (χ4v) is 4.51. The number of carbonyl (C=O) groups is 1. The first-order chi connectivity index (χ1) is 17.0. The van der Waals surface area contributed by atoms with Gasteiger partial charge in [0.25, 0.3) is 0 Å². The van der Waals surface area contributed by atoms with E-state index in [1.54, 1.807) is 31.2 Å². The number of aromatic amines is 1. The summed E-state index contributed by atoms with van der Waals surface area (Å²) in [4.78, 5) is 23.5. The van der Waals surface area contributed by atoms with Crippen molar-refractivity contribution in [3.8, 4) is 28.4 Å². The Morgan fingerprint density at radius 3 is 2.43 bits per heavy atom. The Hall–Kier alpha value is -3.81. The number of carbonyl (C=O) groups excluding carboxylic acids is 1. The molecule has 0 spiro atoms. The number of rotatable bonds is 6. The normalized spacial score (nSPS) is 17.9. The molecule has 2 heterocycles. The van der Waals surface area contributed by atoms with Crippen molar-refractivity contribution >= 4 is 17.0 Å². The van der Waals surface area contributed by atoms with Crippen molar-refractivity contribution < 1.29 is 23.0 Å². The van der Waals surface area contributed by atoms with E-state index in [0.29, 0.717) is 34.6 Å². The Morgan fingerprint density at radius 2 is 1.77 bits per heavy atom. The van der Waals surface area contributed by atoms with E-state index < -0.39 is 11.6 Å². The van der Waals surface area contributed by atoms with Gasteiger partial charge in [-0.15, -0.1) is 0 Å². The number of pyridine rings is 1. The first-order valence-electron chi connectivity index (χ1n) is 11.8. The topological polar surface area (TPSA) is 77.1 Å². The van der Waals surface area contributed by atoms with Crippen LogP contribution in [0.25, 0.3) is 33.5 Å². The Labute approximate surface area is 201 Å². The van der Waals surface area contributed by atoms with Crippen LogP contribution in [-0.2, 0) is 9.53 Å². The summed E-state index contributed by atoms with van der Waals surface area (Å²) in [5.74, 6) is -1.05. The number of fused-ring (bicyclic) bond motifs is 1. The molecule has 1 N–H and O–H groups in total. The van der Waals surface area contributed by atoms with E-state index >= 15 is 0 Å². The smallest absolute Gasteiger partial charge is 0.308 e. The van der Waals surface area contributed by atoms with Gasteiger partial charge in [-0.2, -0.15) is 0 Å². The molecule has 6 nitrogen and oxygen atoms in total. The van der Waals surface area contributed by atoms with Gasteiger partial charge in [0.15, 0.2) is 0 Å². The first-order valence-corrected chi connectivity index (χ1v) is 11.8. The molecule has 2 aromatic heterocycles. The molecule has 0 unspecified atom stereocenters. The third-order valence-electron chi connectivity index (χ3n) is 6.32. The number of hydrogen-bond donors (Lipinski definition) is 1. The standard InChI is InChI=1S/C27H25F2N3O3/c1-2-34-27(33)16-7-10-19(11-8-16)35-24-12-9-17(15-30-24)18-13-20(28)25(21(29)14-18)26-31-22-5-3-4-6-23(22)32-26/h3-6,9,12-16,19H,2,7-8,10-11H2,1H3,(H,31,32). The minimum absolute atomic E-state index is 0.0305. The van der Waals surface area contributed by atoms with E-state index in [1.807, 2.05) is 12.1 Å². The number of nitrogens with zero attached hydrogens (tertiary/aromatic N) is 2. The number of nitrogens with one attached hydrogen (secondary N) is 1. The van der Waals surface area contributed by atoms with Crippen LogP contribution in [0.3, 0.4) is 0 Å². The zero-order valence-corrected chi connectivity index (χ0v) is 19.3. The summed E-state index contributed by atoms with van der Waals surface area (Å²) in [5, 5.41) is 0. The average molecular weight is 478 g/mol. The van der Waals surface area contributed by atoms with E-state index in [-0.39, 0.29) is 29.4 Å². The van der Waals surface area contributed by atoms with Crippen LogP contribution >= 0.6 is 0 Å². The van der Waals surface area contributed by atoms with Gasteiger partial charge in [-0.05, 0) is 68.5 Å². The number of imidazole rings is 1. The molecule has 2 aromatic carbocycles. The predicted molar refractivity (Wildman–Crippen MR) is 128 cm³/mol. The largest absolute Gasteiger partial charge is 0.474 e. The quantitative estimate of drug-likeness (QED) is 0.341. The van der Waals surface area contributed by atoms with Gasteiger partial charge in [0.05, 0.1) is 29.1 Å². The second kappa shape index (κ2) is 9.82. The maximum absolute atomic E-state index is 15.0. The molecule has 180 valence electrons. The Balaban J connectivity index is 1.28. The molecule has 8 heteroatoms. The molecular formula is C27H25F2N3O3. The van der Waals surface area contributed by atoms with E-state index in [2.05, 4.69) is 15.0 Å². The van der Waals surface area contributed by atoms with Gasteiger partial charge in [0, 0.05) is 17.8 Å². The van der Waals surface area contributed by atoms with E-state index in [1.165, 1.54) is 18.3 Å². The highest BCUT2D eigenvalue weighted by atomic mass is 19.1. The summed E-state index contributed by atoms with van der Waals surface area (Å²) < 4.78 is 41.0. The van der Waals surface area contributed by atoms with Gasteiger partial charge < -0.3 is 14.5 Å². The molecule has 4 aromatic rings. The highest BCUT2D eigenvalue weighted by molar-refractivity contribution is 5.80. The van der Waals surface area contributed by atoms with Gasteiger partial charge in [-0.3, -0.25) is 4.79 Å². The van der Waals surface area contributed by atoms with Crippen LogP contribution in [-0.4, -0.2) is 33.6 Å². The summed E-state index contributed by atoms with van der Waals surface area (Å²) in [6.45, 7) is 2.20. The van der Waals surface area contributed by atoms with Crippen molar-refractivity contribution in [2.24, 2.45) is 5.92 Å². The molecule has 35 heavy (non-hydrogen) atoms. The molecule has 1 aliphatic carbocycles. The van der Waals surface area contributed by atoms with E-state index in [4.69, 9.17) is 9.47 Å². The molecule has 0 atom stereocenters. The van der Waals surface area contributed by atoms with Crippen LogP contribution in [0.1, 0.15) is 32.6 Å². The number of halogens is 2. The molecule has 1 saturated carbocycles. The highest BCUT2D eigenvalue weighted by Gasteiger charge is 2.28. The lowest BCUT2D eigenvalue weighted by Crippen LogP contribution is -2.29. The summed E-state index contributed by atoms with van der Waals surface area (Å²) in [6.07, 6.45) is 4.43. The molecule has 1 aliphatic rings. The van der Waals surface area contributed by atoms with Gasteiger partial charge in [0.1, 0.15) is 23.6 Å². The molecule has 0 saturated heterocycles. The van der Waals surface area contributed by atoms with Crippen molar-refractivity contribution in [3.63, 3.8) is 0 Å². The molecule has 5 rings (SSSR count). The van der Waals surface area contributed by atoms with Crippen LogP contribution in [0, 0.1) is 17.6 Å². The van der Waals surface area contributed by atoms with Crippen molar-refractivity contribution in [2.45, 2.75) is 38.7 Å². The zero-order valence-electron chi connectivity index (χ0n) is 19.3. The number of H-pyrrole nitrogens is 1. The highest BCUT2D eigenvalue weighted by Crippen LogP contribution is 2.32. The number of para-hydroxylation sites is 2. The van der Waals surface area contributed by atoms with Gasteiger partial charge >= 0.3 is 5.97 Å². The lowest BCUT2D eigenvalue weighted by atomic mass is 9.87. The van der Waals surface area contributed by atoms with Gasteiger partial charge in [-0.25, -0.2) is 18.7 Å². The minimum Gasteiger partial charge on any atom is -0.474 e. The van der Waals surface area contributed by atoms with Crippen LogP contribution in [0.4, 0.5) is 8.78 Å². The molecule has 1 fully saturated rings. The van der Waals surface area contributed by atoms with Crippen molar-refractivity contribution in [1.82, 2.24) is 15.0 Å². The SMILES string of the molecule is CCOC(=O)C1CCC(Oc2ccc(-c3cc(F)c(-c4nc5ccccc5[nH]4)c(F)c3)cn2)CC1.